The van der Waals surface area contributed by atoms with Crippen molar-refractivity contribution in [3.63, 3.8) is 0 Å². The number of hydrogen-bond acceptors (Lipinski definition) is 6. The Morgan fingerprint density at radius 3 is 3.04 bits per heavy atom. The molecule has 0 radical (unpaired) electrons. The lowest BCUT2D eigenvalue weighted by molar-refractivity contribution is -0.0498. The summed E-state index contributed by atoms with van der Waals surface area (Å²) in [5.74, 6) is 1.87. The minimum atomic E-state index is -2.85. The predicted octanol–water partition coefficient (Wildman–Crippen LogP) is 3.06. The molecule has 1 aliphatic heterocycles. The fraction of sp³-hybridized carbons (Fsp3) is 0.333. The number of anilines is 2. The first-order chi connectivity index (χ1) is 11.1. The molecule has 0 saturated carbocycles. The lowest BCUT2D eigenvalue weighted by Crippen LogP contribution is -2.21. The second kappa shape index (κ2) is 6.64. The number of nitrogens with zero attached hydrogens (tertiary/aromatic N) is 2. The van der Waals surface area contributed by atoms with Crippen LogP contribution in [0.5, 0.6) is 11.5 Å². The van der Waals surface area contributed by atoms with Crippen LogP contribution in [0.15, 0.2) is 30.6 Å². The molecule has 0 amide bonds. The van der Waals surface area contributed by atoms with Gasteiger partial charge in [0.25, 0.3) is 0 Å². The van der Waals surface area contributed by atoms with Crippen LogP contribution in [0.3, 0.4) is 0 Å². The Bertz CT molecular complexity index is 684. The van der Waals surface area contributed by atoms with Gasteiger partial charge in [-0.1, -0.05) is 12.1 Å². The van der Waals surface area contributed by atoms with E-state index in [9.17, 15) is 8.78 Å². The van der Waals surface area contributed by atoms with Crippen LogP contribution in [-0.2, 0) is 0 Å². The van der Waals surface area contributed by atoms with Gasteiger partial charge < -0.3 is 20.1 Å². The molecule has 1 atom stereocenters. The Morgan fingerprint density at radius 2 is 2.22 bits per heavy atom. The number of benzene rings is 1. The van der Waals surface area contributed by atoms with Crippen molar-refractivity contribution in [3.05, 3.63) is 36.2 Å². The summed E-state index contributed by atoms with van der Waals surface area (Å²) in [4.78, 5) is 8.31. The highest BCUT2D eigenvalue weighted by molar-refractivity contribution is 5.65. The third-order valence-electron chi connectivity index (χ3n) is 3.38. The summed E-state index contributed by atoms with van der Waals surface area (Å²) in [6, 6.07) is 6.36. The van der Waals surface area contributed by atoms with E-state index in [1.54, 1.807) is 12.1 Å². The quantitative estimate of drug-likeness (QED) is 0.882. The molecule has 2 N–H and O–H groups in total. The van der Waals surface area contributed by atoms with E-state index in [-0.39, 0.29) is 11.8 Å². The molecule has 3 rings (SSSR count). The number of aromatic nitrogens is 2. The summed E-state index contributed by atoms with van der Waals surface area (Å²) in [5, 5.41) is 6.33. The van der Waals surface area contributed by atoms with Crippen molar-refractivity contribution in [3.8, 4) is 11.5 Å². The standard InChI is InChI=1S/C15H16F2N4O2/c1-9(10-3-2-4-11(7-10)23-15(16)17)21-14-12-13(19-8-20-14)18-5-6-22-12/h2-4,7-9,15H,5-6H2,1H3,(H2,18,19,20,21). The highest BCUT2D eigenvalue weighted by Crippen LogP contribution is 2.33. The largest absolute Gasteiger partial charge is 0.485 e. The maximum atomic E-state index is 12.3. The first-order valence-electron chi connectivity index (χ1n) is 7.16. The molecule has 0 aliphatic carbocycles. The molecule has 0 spiro atoms. The molecule has 6 nitrogen and oxygen atoms in total. The average Bonchev–Trinajstić information content (AvgIpc) is 2.55. The van der Waals surface area contributed by atoms with Crippen molar-refractivity contribution in [1.82, 2.24) is 9.97 Å². The summed E-state index contributed by atoms with van der Waals surface area (Å²) in [6.45, 7) is 0.265. The molecule has 2 heterocycles. The van der Waals surface area contributed by atoms with E-state index < -0.39 is 6.61 Å². The van der Waals surface area contributed by atoms with Gasteiger partial charge in [-0.25, -0.2) is 9.97 Å². The topological polar surface area (TPSA) is 68.3 Å². The van der Waals surface area contributed by atoms with Crippen molar-refractivity contribution in [2.45, 2.75) is 19.6 Å². The Kier molecular flexibility index (Phi) is 4.40. The normalized spacial score (nSPS) is 14.4. The molecule has 8 heteroatoms. The molecular formula is C15H16F2N4O2. The number of alkyl halides is 2. The maximum absolute atomic E-state index is 12.3. The number of halogens is 2. The Balaban J connectivity index is 1.78. The van der Waals surface area contributed by atoms with Crippen LogP contribution in [0, 0.1) is 0 Å². The van der Waals surface area contributed by atoms with Gasteiger partial charge >= 0.3 is 6.61 Å². The number of nitrogens with one attached hydrogen (secondary N) is 2. The van der Waals surface area contributed by atoms with Crippen LogP contribution in [-0.4, -0.2) is 29.7 Å². The van der Waals surface area contributed by atoms with E-state index >= 15 is 0 Å². The van der Waals surface area contributed by atoms with Gasteiger partial charge in [0.05, 0.1) is 12.6 Å². The molecule has 122 valence electrons. The summed E-state index contributed by atoms with van der Waals surface area (Å²) in [7, 11) is 0. The SMILES string of the molecule is CC(Nc1ncnc2c1OCCN2)c1cccc(OC(F)F)c1. The first kappa shape index (κ1) is 15.3. The zero-order valence-electron chi connectivity index (χ0n) is 12.4. The molecule has 0 fully saturated rings. The zero-order chi connectivity index (χ0) is 16.2. The molecule has 1 aromatic carbocycles. The van der Waals surface area contributed by atoms with E-state index in [1.165, 1.54) is 12.4 Å². The van der Waals surface area contributed by atoms with Crippen molar-refractivity contribution < 1.29 is 18.3 Å². The van der Waals surface area contributed by atoms with Gasteiger partial charge in [-0.05, 0) is 24.6 Å². The number of hydrogen-bond donors (Lipinski definition) is 2. The fourth-order valence-corrected chi connectivity index (χ4v) is 2.31. The van der Waals surface area contributed by atoms with Crippen molar-refractivity contribution in [2.75, 3.05) is 23.8 Å². The Morgan fingerprint density at radius 1 is 1.35 bits per heavy atom. The van der Waals surface area contributed by atoms with Crippen LogP contribution >= 0.6 is 0 Å². The van der Waals surface area contributed by atoms with Crippen molar-refractivity contribution >= 4 is 11.6 Å². The van der Waals surface area contributed by atoms with Gasteiger partial charge in [0, 0.05) is 0 Å². The smallest absolute Gasteiger partial charge is 0.387 e. The van der Waals surface area contributed by atoms with Gasteiger partial charge in [0.15, 0.2) is 11.6 Å². The second-order valence-electron chi connectivity index (χ2n) is 4.99. The fourth-order valence-electron chi connectivity index (χ4n) is 2.31. The van der Waals surface area contributed by atoms with Gasteiger partial charge in [-0.15, -0.1) is 0 Å². The third kappa shape index (κ3) is 3.58. The number of rotatable bonds is 5. The van der Waals surface area contributed by atoms with Gasteiger partial charge in [0.2, 0.25) is 5.75 Å². The van der Waals surface area contributed by atoms with Gasteiger partial charge in [-0.2, -0.15) is 8.78 Å². The molecular weight excluding hydrogens is 306 g/mol. The summed E-state index contributed by atoms with van der Waals surface area (Å²) < 4.78 is 34.6. The van der Waals surface area contributed by atoms with E-state index in [1.807, 2.05) is 13.0 Å². The molecule has 1 unspecified atom stereocenters. The van der Waals surface area contributed by atoms with Crippen molar-refractivity contribution in [1.29, 1.82) is 0 Å². The van der Waals surface area contributed by atoms with Crippen molar-refractivity contribution in [2.24, 2.45) is 0 Å². The maximum Gasteiger partial charge on any atom is 0.387 e. The minimum Gasteiger partial charge on any atom is -0.485 e. The van der Waals surface area contributed by atoms with E-state index in [0.29, 0.717) is 30.5 Å². The van der Waals surface area contributed by atoms with Crippen LogP contribution in [0.1, 0.15) is 18.5 Å². The van der Waals surface area contributed by atoms with E-state index in [4.69, 9.17) is 4.74 Å². The number of fused-ring (bicyclic) bond motifs is 1. The number of ether oxygens (including phenoxy) is 2. The lowest BCUT2D eigenvalue weighted by Gasteiger charge is -2.22. The van der Waals surface area contributed by atoms with E-state index in [0.717, 1.165) is 5.56 Å². The minimum absolute atomic E-state index is 0.119. The second-order valence-corrected chi connectivity index (χ2v) is 4.99. The highest BCUT2D eigenvalue weighted by atomic mass is 19.3. The van der Waals surface area contributed by atoms with Crippen LogP contribution < -0.4 is 20.1 Å². The Hall–Kier alpha value is -2.64. The molecule has 2 aromatic rings. The summed E-state index contributed by atoms with van der Waals surface area (Å²) >= 11 is 0. The Labute approximate surface area is 131 Å². The molecule has 1 aliphatic rings. The van der Waals surface area contributed by atoms with Gasteiger partial charge in [0.1, 0.15) is 18.7 Å². The summed E-state index contributed by atoms with van der Waals surface area (Å²) in [6.07, 6.45) is 1.44. The van der Waals surface area contributed by atoms with Crippen LogP contribution in [0.2, 0.25) is 0 Å². The molecule has 0 bridgehead atoms. The average molecular weight is 322 g/mol. The third-order valence-corrected chi connectivity index (χ3v) is 3.38. The van der Waals surface area contributed by atoms with Gasteiger partial charge in [-0.3, -0.25) is 0 Å². The monoisotopic (exact) mass is 322 g/mol. The van der Waals surface area contributed by atoms with E-state index in [2.05, 4.69) is 25.3 Å². The van der Waals surface area contributed by atoms with Crippen LogP contribution in [0.4, 0.5) is 20.4 Å². The molecule has 1 aromatic heterocycles. The molecule has 23 heavy (non-hydrogen) atoms. The first-order valence-corrected chi connectivity index (χ1v) is 7.16. The highest BCUT2D eigenvalue weighted by Gasteiger charge is 2.18. The predicted molar refractivity (Wildman–Crippen MR) is 81.1 cm³/mol. The summed E-state index contributed by atoms with van der Waals surface area (Å²) in [5.41, 5.74) is 0.791. The molecule has 0 saturated heterocycles. The lowest BCUT2D eigenvalue weighted by atomic mass is 10.1. The van der Waals surface area contributed by atoms with Crippen LogP contribution in [0.25, 0.3) is 0 Å². The zero-order valence-corrected chi connectivity index (χ0v) is 12.4.